The predicted octanol–water partition coefficient (Wildman–Crippen LogP) is 2.78. The molecule has 2 rings (SSSR count). The number of ether oxygens (including phenoxy) is 1. The van der Waals surface area contributed by atoms with Gasteiger partial charge in [0.1, 0.15) is 0 Å². The van der Waals surface area contributed by atoms with Gasteiger partial charge in [0.15, 0.2) is 0 Å². The van der Waals surface area contributed by atoms with Gasteiger partial charge in [0.2, 0.25) is 0 Å². The third kappa shape index (κ3) is 3.10. The SMILES string of the molecule is COC1CCC(NC(C)c2cccc(C#N)c2)C1. The third-order valence-electron chi connectivity index (χ3n) is 3.72. The molecule has 0 aliphatic heterocycles. The monoisotopic (exact) mass is 244 g/mol. The van der Waals surface area contributed by atoms with Gasteiger partial charge in [-0.1, -0.05) is 12.1 Å². The van der Waals surface area contributed by atoms with Crippen molar-refractivity contribution in [3.8, 4) is 6.07 Å². The lowest BCUT2D eigenvalue weighted by Gasteiger charge is -2.20. The van der Waals surface area contributed by atoms with E-state index in [0.29, 0.717) is 12.1 Å². The van der Waals surface area contributed by atoms with E-state index in [1.807, 2.05) is 18.2 Å². The van der Waals surface area contributed by atoms with E-state index in [1.54, 1.807) is 7.11 Å². The lowest BCUT2D eigenvalue weighted by Crippen LogP contribution is -2.29. The van der Waals surface area contributed by atoms with Gasteiger partial charge < -0.3 is 10.1 Å². The molecule has 0 saturated heterocycles. The second-order valence-electron chi connectivity index (χ2n) is 4.99. The Kier molecular flexibility index (Phi) is 4.35. The van der Waals surface area contributed by atoms with Crippen LogP contribution >= 0.6 is 0 Å². The van der Waals surface area contributed by atoms with Crippen molar-refractivity contribution in [2.24, 2.45) is 0 Å². The summed E-state index contributed by atoms with van der Waals surface area (Å²) in [7, 11) is 1.78. The minimum Gasteiger partial charge on any atom is -0.381 e. The molecule has 0 bridgehead atoms. The first-order valence-electron chi connectivity index (χ1n) is 6.52. The molecule has 1 saturated carbocycles. The van der Waals surface area contributed by atoms with E-state index in [4.69, 9.17) is 10.00 Å². The molecule has 1 fully saturated rings. The predicted molar refractivity (Wildman–Crippen MR) is 71.1 cm³/mol. The second-order valence-corrected chi connectivity index (χ2v) is 4.99. The molecular formula is C15H20N2O. The Morgan fingerprint density at radius 2 is 2.28 bits per heavy atom. The molecule has 0 heterocycles. The molecular weight excluding hydrogens is 224 g/mol. The fourth-order valence-electron chi connectivity index (χ4n) is 2.63. The highest BCUT2D eigenvalue weighted by Gasteiger charge is 2.25. The molecule has 18 heavy (non-hydrogen) atoms. The lowest BCUT2D eigenvalue weighted by atomic mass is 10.0. The molecule has 0 radical (unpaired) electrons. The first-order chi connectivity index (χ1) is 8.72. The Morgan fingerprint density at radius 3 is 2.94 bits per heavy atom. The maximum absolute atomic E-state index is 8.91. The van der Waals surface area contributed by atoms with Crippen LogP contribution in [-0.2, 0) is 4.74 Å². The first kappa shape index (κ1) is 13.1. The highest BCUT2D eigenvalue weighted by Crippen LogP contribution is 2.24. The van der Waals surface area contributed by atoms with E-state index in [-0.39, 0.29) is 6.04 Å². The number of methoxy groups -OCH3 is 1. The Hall–Kier alpha value is -1.37. The van der Waals surface area contributed by atoms with Crippen LogP contribution in [0.2, 0.25) is 0 Å². The molecule has 3 unspecified atom stereocenters. The van der Waals surface area contributed by atoms with Crippen LogP contribution in [0, 0.1) is 11.3 Å². The fraction of sp³-hybridized carbons (Fsp3) is 0.533. The van der Waals surface area contributed by atoms with Crippen LogP contribution in [0.5, 0.6) is 0 Å². The zero-order valence-corrected chi connectivity index (χ0v) is 11.0. The van der Waals surface area contributed by atoms with Crippen LogP contribution in [0.4, 0.5) is 0 Å². The van der Waals surface area contributed by atoms with Crippen molar-refractivity contribution in [1.29, 1.82) is 5.26 Å². The molecule has 1 N–H and O–H groups in total. The Balaban J connectivity index is 1.95. The minimum atomic E-state index is 0.277. The van der Waals surface area contributed by atoms with E-state index in [1.165, 1.54) is 12.0 Å². The average molecular weight is 244 g/mol. The van der Waals surface area contributed by atoms with Crippen molar-refractivity contribution in [3.05, 3.63) is 35.4 Å². The summed E-state index contributed by atoms with van der Waals surface area (Å²) in [4.78, 5) is 0. The molecule has 1 aromatic carbocycles. The zero-order valence-electron chi connectivity index (χ0n) is 11.0. The standard InChI is InChI=1S/C15H20N2O/c1-11(13-5-3-4-12(8-13)10-16)17-14-6-7-15(9-14)18-2/h3-5,8,11,14-15,17H,6-7,9H2,1-2H3. The van der Waals surface area contributed by atoms with Gasteiger partial charge in [0, 0.05) is 19.2 Å². The maximum Gasteiger partial charge on any atom is 0.0991 e. The average Bonchev–Trinajstić information content (AvgIpc) is 2.86. The molecule has 0 amide bonds. The van der Waals surface area contributed by atoms with Gasteiger partial charge >= 0.3 is 0 Å². The van der Waals surface area contributed by atoms with Crippen LogP contribution < -0.4 is 5.32 Å². The molecule has 3 heteroatoms. The normalized spacial score (nSPS) is 24.7. The van der Waals surface area contributed by atoms with Gasteiger partial charge in [-0.2, -0.15) is 5.26 Å². The van der Waals surface area contributed by atoms with Gasteiger partial charge in [0.25, 0.3) is 0 Å². The summed E-state index contributed by atoms with van der Waals surface area (Å²) in [6, 6.07) is 10.8. The Labute approximate surface area is 109 Å². The molecule has 0 spiro atoms. The minimum absolute atomic E-state index is 0.277. The van der Waals surface area contributed by atoms with E-state index in [9.17, 15) is 0 Å². The highest BCUT2D eigenvalue weighted by atomic mass is 16.5. The third-order valence-corrected chi connectivity index (χ3v) is 3.72. The van der Waals surface area contributed by atoms with E-state index < -0.39 is 0 Å². The number of nitrogens with one attached hydrogen (secondary N) is 1. The summed E-state index contributed by atoms with van der Waals surface area (Å²) in [5.41, 5.74) is 1.90. The van der Waals surface area contributed by atoms with Crippen molar-refractivity contribution in [2.75, 3.05) is 7.11 Å². The van der Waals surface area contributed by atoms with Gasteiger partial charge in [-0.05, 0) is 43.9 Å². The quantitative estimate of drug-likeness (QED) is 0.885. The topological polar surface area (TPSA) is 45.0 Å². The summed E-state index contributed by atoms with van der Waals surface area (Å²) >= 11 is 0. The first-order valence-corrected chi connectivity index (χ1v) is 6.52. The summed E-state index contributed by atoms with van der Waals surface area (Å²) in [5.74, 6) is 0. The van der Waals surface area contributed by atoms with Crippen LogP contribution in [0.25, 0.3) is 0 Å². The van der Waals surface area contributed by atoms with E-state index >= 15 is 0 Å². The van der Waals surface area contributed by atoms with Gasteiger partial charge in [-0.15, -0.1) is 0 Å². The van der Waals surface area contributed by atoms with Crippen molar-refractivity contribution >= 4 is 0 Å². The largest absolute Gasteiger partial charge is 0.381 e. The van der Waals surface area contributed by atoms with Crippen LogP contribution in [0.3, 0.4) is 0 Å². The number of benzene rings is 1. The molecule has 3 atom stereocenters. The molecule has 96 valence electrons. The van der Waals surface area contributed by atoms with Crippen molar-refractivity contribution < 1.29 is 4.74 Å². The van der Waals surface area contributed by atoms with Crippen molar-refractivity contribution in [3.63, 3.8) is 0 Å². The Bertz CT molecular complexity index is 438. The summed E-state index contributed by atoms with van der Waals surface area (Å²) in [5, 5.41) is 12.5. The van der Waals surface area contributed by atoms with Crippen LogP contribution in [0.1, 0.15) is 43.4 Å². The van der Waals surface area contributed by atoms with Gasteiger partial charge in [0.05, 0.1) is 17.7 Å². The Morgan fingerprint density at radius 1 is 1.44 bits per heavy atom. The maximum atomic E-state index is 8.91. The van der Waals surface area contributed by atoms with E-state index in [0.717, 1.165) is 18.4 Å². The van der Waals surface area contributed by atoms with Gasteiger partial charge in [-0.25, -0.2) is 0 Å². The summed E-state index contributed by atoms with van der Waals surface area (Å²) in [6.07, 6.45) is 3.79. The molecule has 1 aliphatic carbocycles. The van der Waals surface area contributed by atoms with E-state index in [2.05, 4.69) is 24.4 Å². The zero-order chi connectivity index (χ0) is 13.0. The fourth-order valence-corrected chi connectivity index (χ4v) is 2.63. The number of nitrogens with zero attached hydrogens (tertiary/aromatic N) is 1. The molecule has 3 nitrogen and oxygen atoms in total. The smallest absolute Gasteiger partial charge is 0.0991 e. The number of nitriles is 1. The van der Waals surface area contributed by atoms with Crippen molar-refractivity contribution in [1.82, 2.24) is 5.32 Å². The van der Waals surface area contributed by atoms with Crippen LogP contribution in [-0.4, -0.2) is 19.3 Å². The summed E-state index contributed by atoms with van der Waals surface area (Å²) in [6.45, 7) is 2.15. The summed E-state index contributed by atoms with van der Waals surface area (Å²) < 4.78 is 5.38. The second kappa shape index (κ2) is 5.99. The van der Waals surface area contributed by atoms with Crippen LogP contribution in [0.15, 0.2) is 24.3 Å². The number of hydrogen-bond acceptors (Lipinski definition) is 3. The number of rotatable bonds is 4. The number of hydrogen-bond donors (Lipinski definition) is 1. The van der Waals surface area contributed by atoms with Crippen molar-refractivity contribution in [2.45, 2.75) is 44.4 Å². The molecule has 1 aliphatic rings. The highest BCUT2D eigenvalue weighted by molar-refractivity contribution is 5.34. The van der Waals surface area contributed by atoms with Gasteiger partial charge in [-0.3, -0.25) is 0 Å². The molecule has 0 aromatic heterocycles. The lowest BCUT2D eigenvalue weighted by molar-refractivity contribution is 0.106. The molecule has 1 aromatic rings.